The summed E-state index contributed by atoms with van der Waals surface area (Å²) in [6, 6.07) is -1.32. The Morgan fingerprint density at radius 2 is 1.75 bits per heavy atom. The lowest BCUT2D eigenvalue weighted by Gasteiger charge is -2.23. The number of aliphatic carboxylic acids is 1. The van der Waals surface area contributed by atoms with Crippen LogP contribution in [0.4, 0.5) is 4.79 Å². The van der Waals surface area contributed by atoms with Crippen molar-refractivity contribution >= 4 is 17.9 Å². The molecule has 0 aromatic rings. The highest BCUT2D eigenvalue weighted by atomic mass is 16.4. The molecule has 0 aromatic heterocycles. The maximum Gasteiger partial charge on any atom is 0.332 e. The lowest BCUT2D eigenvalue weighted by molar-refractivity contribution is -0.146. The van der Waals surface area contributed by atoms with Crippen LogP contribution in [0.15, 0.2) is 0 Å². The molecule has 8 heteroatoms. The van der Waals surface area contributed by atoms with Crippen molar-refractivity contribution in [2.24, 2.45) is 0 Å². The Kier molecular flexibility index (Phi) is 6.98. The van der Waals surface area contributed by atoms with Gasteiger partial charge in [-0.25, -0.2) is 9.59 Å². The topological polar surface area (TPSA) is 128 Å². The predicted molar refractivity (Wildman–Crippen MR) is 72.2 cm³/mol. The molecule has 116 valence electrons. The summed E-state index contributed by atoms with van der Waals surface area (Å²) >= 11 is 0. The maximum atomic E-state index is 11.7. The lowest BCUT2D eigenvalue weighted by Crippen LogP contribution is -2.52. The number of carboxylic acid groups (broad SMARTS) is 1. The highest BCUT2D eigenvalue weighted by molar-refractivity contribution is 5.87. The van der Waals surface area contributed by atoms with Gasteiger partial charge in [-0.2, -0.15) is 0 Å². The van der Waals surface area contributed by atoms with Crippen LogP contribution in [-0.4, -0.2) is 52.4 Å². The fraction of sp³-hybridized carbons (Fsp3) is 0.750. The number of aliphatic hydroxyl groups excluding tert-OH is 1. The van der Waals surface area contributed by atoms with Gasteiger partial charge < -0.3 is 26.2 Å². The predicted octanol–water partition coefficient (Wildman–Crippen LogP) is -0.576. The molecule has 2 unspecified atom stereocenters. The summed E-state index contributed by atoms with van der Waals surface area (Å²) in [5, 5.41) is 24.9. The number of aliphatic hydroxyl groups is 1. The summed E-state index contributed by atoms with van der Waals surface area (Å²) in [5.41, 5.74) is -0.394. The molecule has 0 heterocycles. The van der Waals surface area contributed by atoms with Crippen LogP contribution in [0.5, 0.6) is 0 Å². The molecule has 8 nitrogen and oxygen atoms in total. The van der Waals surface area contributed by atoms with E-state index < -0.39 is 29.7 Å². The van der Waals surface area contributed by atoms with E-state index >= 15 is 0 Å². The minimum absolute atomic E-state index is 0.00703. The molecule has 0 aromatic carbocycles. The highest BCUT2D eigenvalue weighted by Crippen LogP contribution is 1.99. The van der Waals surface area contributed by atoms with Gasteiger partial charge >= 0.3 is 12.0 Å². The highest BCUT2D eigenvalue weighted by Gasteiger charge is 2.20. The van der Waals surface area contributed by atoms with E-state index in [2.05, 4.69) is 16.0 Å². The Morgan fingerprint density at radius 1 is 1.20 bits per heavy atom. The third-order valence-corrected chi connectivity index (χ3v) is 2.23. The Morgan fingerprint density at radius 3 is 2.20 bits per heavy atom. The van der Waals surface area contributed by atoms with Crippen LogP contribution >= 0.6 is 0 Å². The van der Waals surface area contributed by atoms with E-state index in [4.69, 9.17) is 10.2 Å². The van der Waals surface area contributed by atoms with Crippen molar-refractivity contribution in [2.75, 3.05) is 6.54 Å². The molecule has 5 N–H and O–H groups in total. The largest absolute Gasteiger partial charge is 0.479 e. The van der Waals surface area contributed by atoms with Crippen molar-refractivity contribution < 1.29 is 24.6 Å². The van der Waals surface area contributed by atoms with Gasteiger partial charge in [0.15, 0.2) is 6.10 Å². The molecular formula is C12H23N3O5. The number of carboxylic acids is 1. The molecule has 3 amide bonds. The minimum Gasteiger partial charge on any atom is -0.479 e. The molecular weight excluding hydrogens is 266 g/mol. The second-order valence-electron chi connectivity index (χ2n) is 5.50. The van der Waals surface area contributed by atoms with Crippen molar-refractivity contribution in [1.29, 1.82) is 0 Å². The first-order chi connectivity index (χ1) is 9.03. The van der Waals surface area contributed by atoms with E-state index in [1.807, 2.05) is 20.8 Å². The normalized spacial score (nSPS) is 14.1. The number of carbonyl (C=O) groups is 3. The van der Waals surface area contributed by atoms with Crippen molar-refractivity contribution in [3.8, 4) is 0 Å². The van der Waals surface area contributed by atoms with E-state index in [1.54, 1.807) is 0 Å². The molecule has 0 fully saturated rings. The van der Waals surface area contributed by atoms with Crippen molar-refractivity contribution in [3.05, 3.63) is 0 Å². The van der Waals surface area contributed by atoms with E-state index in [9.17, 15) is 14.4 Å². The van der Waals surface area contributed by atoms with Crippen LogP contribution in [0.2, 0.25) is 0 Å². The van der Waals surface area contributed by atoms with Crippen LogP contribution in [0.3, 0.4) is 0 Å². The Balaban J connectivity index is 4.02. The van der Waals surface area contributed by atoms with E-state index in [0.717, 1.165) is 0 Å². The van der Waals surface area contributed by atoms with E-state index in [1.165, 1.54) is 6.92 Å². The van der Waals surface area contributed by atoms with Crippen molar-refractivity contribution in [1.82, 2.24) is 16.0 Å². The SMILES string of the molecule is CC(NC(=O)NCCC(O)C(=O)O)C(=O)NC(C)(C)C. The zero-order chi connectivity index (χ0) is 15.9. The molecule has 0 radical (unpaired) electrons. The van der Waals surface area contributed by atoms with Gasteiger partial charge in [0.25, 0.3) is 0 Å². The van der Waals surface area contributed by atoms with Gasteiger partial charge in [-0.1, -0.05) is 0 Å². The third kappa shape index (κ3) is 8.30. The number of amides is 3. The first-order valence-corrected chi connectivity index (χ1v) is 6.30. The van der Waals surface area contributed by atoms with Gasteiger partial charge in [-0.3, -0.25) is 4.79 Å². The standard InChI is InChI=1S/C12H23N3O5/c1-7(9(17)15-12(2,3)4)14-11(20)13-6-5-8(16)10(18)19/h7-8,16H,5-6H2,1-4H3,(H,15,17)(H,18,19)(H2,13,14,20). The molecule has 0 aliphatic heterocycles. The van der Waals surface area contributed by atoms with E-state index in [0.29, 0.717) is 0 Å². The molecule has 0 aliphatic rings. The first kappa shape index (κ1) is 18.2. The Hall–Kier alpha value is -1.83. The molecule has 0 saturated carbocycles. The second kappa shape index (κ2) is 7.68. The monoisotopic (exact) mass is 289 g/mol. The van der Waals surface area contributed by atoms with Gasteiger partial charge in [0.2, 0.25) is 5.91 Å². The number of nitrogens with one attached hydrogen (secondary N) is 3. The van der Waals surface area contributed by atoms with Gasteiger partial charge in [0.05, 0.1) is 0 Å². The summed E-state index contributed by atoms with van der Waals surface area (Å²) < 4.78 is 0. The fourth-order valence-electron chi connectivity index (χ4n) is 1.24. The fourth-order valence-corrected chi connectivity index (χ4v) is 1.24. The molecule has 2 atom stereocenters. The average molecular weight is 289 g/mol. The van der Waals surface area contributed by atoms with Gasteiger partial charge in [-0.05, 0) is 27.7 Å². The summed E-state index contributed by atoms with van der Waals surface area (Å²) in [6.45, 7) is 7.00. The molecule has 20 heavy (non-hydrogen) atoms. The molecule has 0 saturated heterocycles. The van der Waals surface area contributed by atoms with Crippen LogP contribution < -0.4 is 16.0 Å². The summed E-state index contributed by atoms with van der Waals surface area (Å²) in [7, 11) is 0. The number of hydrogen-bond donors (Lipinski definition) is 5. The number of hydrogen-bond acceptors (Lipinski definition) is 4. The maximum absolute atomic E-state index is 11.7. The lowest BCUT2D eigenvalue weighted by atomic mass is 10.1. The average Bonchev–Trinajstić information content (AvgIpc) is 2.26. The Bertz CT molecular complexity index is 365. The zero-order valence-corrected chi connectivity index (χ0v) is 12.2. The van der Waals surface area contributed by atoms with Crippen LogP contribution in [-0.2, 0) is 9.59 Å². The van der Waals surface area contributed by atoms with Gasteiger partial charge in [0.1, 0.15) is 6.04 Å². The first-order valence-electron chi connectivity index (χ1n) is 6.30. The van der Waals surface area contributed by atoms with Gasteiger partial charge in [-0.15, -0.1) is 0 Å². The molecule has 0 spiro atoms. The molecule has 0 aliphatic carbocycles. The van der Waals surface area contributed by atoms with Crippen molar-refractivity contribution in [3.63, 3.8) is 0 Å². The minimum atomic E-state index is -1.52. The van der Waals surface area contributed by atoms with Crippen LogP contribution in [0, 0.1) is 0 Å². The second-order valence-corrected chi connectivity index (χ2v) is 5.50. The summed E-state index contributed by atoms with van der Waals surface area (Å²) in [4.78, 5) is 33.5. The summed E-state index contributed by atoms with van der Waals surface area (Å²) in [6.07, 6.45) is -1.62. The summed E-state index contributed by atoms with van der Waals surface area (Å²) in [5.74, 6) is -1.66. The van der Waals surface area contributed by atoms with E-state index in [-0.39, 0.29) is 18.9 Å². The smallest absolute Gasteiger partial charge is 0.332 e. The number of urea groups is 1. The molecule has 0 bridgehead atoms. The third-order valence-electron chi connectivity index (χ3n) is 2.23. The van der Waals surface area contributed by atoms with Crippen LogP contribution in [0.25, 0.3) is 0 Å². The van der Waals surface area contributed by atoms with Gasteiger partial charge in [0, 0.05) is 18.5 Å². The Labute approximate surface area is 117 Å². The molecule has 0 rings (SSSR count). The van der Waals surface area contributed by atoms with Crippen molar-refractivity contribution in [2.45, 2.75) is 51.8 Å². The zero-order valence-electron chi connectivity index (χ0n) is 12.2. The number of rotatable bonds is 6. The quantitative estimate of drug-likeness (QED) is 0.447. The van der Waals surface area contributed by atoms with Crippen LogP contribution in [0.1, 0.15) is 34.1 Å². The number of carbonyl (C=O) groups excluding carboxylic acids is 2.